The van der Waals surface area contributed by atoms with Crippen LogP contribution in [-0.2, 0) is 0 Å². The maximum absolute atomic E-state index is 4.10. The van der Waals surface area contributed by atoms with Crippen molar-refractivity contribution in [1.82, 2.24) is 4.57 Å². The van der Waals surface area contributed by atoms with Gasteiger partial charge in [-0.1, -0.05) is 53.1 Å². The molecule has 0 heterocycles. The summed E-state index contributed by atoms with van der Waals surface area (Å²) in [5.74, 6) is 0. The van der Waals surface area contributed by atoms with Crippen LogP contribution >= 0.6 is 0 Å². The van der Waals surface area contributed by atoms with Crippen LogP contribution in [0, 0.1) is 0 Å². The fourth-order valence-electron chi connectivity index (χ4n) is 4.07. The fourth-order valence-corrected chi connectivity index (χ4v) is 9.65. The Morgan fingerprint density at radius 2 is 1.52 bits per heavy atom. The van der Waals surface area contributed by atoms with Crippen molar-refractivity contribution in [1.29, 1.82) is 0 Å². The summed E-state index contributed by atoms with van der Waals surface area (Å²) < 4.78 is 3.09. The van der Waals surface area contributed by atoms with Crippen LogP contribution in [0.15, 0.2) is 12.3 Å². The van der Waals surface area contributed by atoms with E-state index in [2.05, 4.69) is 50.7 Å². The van der Waals surface area contributed by atoms with Crippen LogP contribution in [0.25, 0.3) is 0 Å². The van der Waals surface area contributed by atoms with E-state index in [0.29, 0.717) is 0 Å². The summed E-state index contributed by atoms with van der Waals surface area (Å²) in [7, 11) is -2.40. The molecule has 1 fully saturated rings. The Balaban J connectivity index is 2.89. The second-order valence-electron chi connectivity index (χ2n) is 7.71. The van der Waals surface area contributed by atoms with E-state index in [-0.39, 0.29) is 0 Å². The smallest absolute Gasteiger partial charge is 0.127 e. The number of nitrogens with zero attached hydrogens (tertiary/aromatic N) is 1. The minimum absolute atomic E-state index is 0.903. The van der Waals surface area contributed by atoms with E-state index in [1.807, 2.05) is 0 Å². The van der Waals surface area contributed by atoms with Gasteiger partial charge < -0.3 is 4.57 Å². The third-order valence-corrected chi connectivity index (χ3v) is 14.5. The Labute approximate surface area is 136 Å². The number of hydrogen-bond acceptors (Lipinski definition) is 1. The van der Waals surface area contributed by atoms with E-state index in [1.54, 1.807) is 0 Å². The zero-order valence-electron chi connectivity index (χ0n) is 15.4. The van der Waals surface area contributed by atoms with Crippen molar-refractivity contribution in [3.8, 4) is 0 Å². The van der Waals surface area contributed by atoms with E-state index < -0.39 is 16.3 Å². The summed E-state index contributed by atoms with van der Waals surface area (Å²) in [4.78, 5) is 0. The van der Waals surface area contributed by atoms with Gasteiger partial charge in [0.05, 0.1) is 8.07 Å². The van der Waals surface area contributed by atoms with Gasteiger partial charge in [0.25, 0.3) is 0 Å². The Kier molecular flexibility index (Phi) is 7.93. The third kappa shape index (κ3) is 5.07. The van der Waals surface area contributed by atoms with Crippen molar-refractivity contribution >= 4 is 16.3 Å². The molecule has 0 atom stereocenters. The summed E-state index contributed by atoms with van der Waals surface area (Å²) in [5, 5.41) is 0. The molecule has 1 aliphatic rings. The van der Waals surface area contributed by atoms with Crippen molar-refractivity contribution < 1.29 is 0 Å². The molecule has 0 bridgehead atoms. The van der Waals surface area contributed by atoms with Gasteiger partial charge in [0.2, 0.25) is 0 Å². The molecule has 0 aliphatic heterocycles. The molecule has 21 heavy (non-hydrogen) atoms. The molecular formula is C18H39NSi2. The number of rotatable bonds is 9. The highest BCUT2D eigenvalue weighted by Crippen LogP contribution is 2.33. The first kappa shape index (κ1) is 19.2. The maximum atomic E-state index is 4.10. The van der Waals surface area contributed by atoms with Crippen LogP contribution < -0.4 is 0 Å². The van der Waals surface area contributed by atoms with Crippen LogP contribution in [0.2, 0.25) is 37.3 Å². The largest absolute Gasteiger partial charge is 0.321 e. The van der Waals surface area contributed by atoms with Crippen LogP contribution in [-0.4, -0.2) is 33.5 Å². The molecule has 0 radical (unpaired) electrons. The third-order valence-electron chi connectivity index (χ3n) is 6.15. The van der Waals surface area contributed by atoms with E-state index in [4.69, 9.17) is 0 Å². The molecule has 0 aromatic heterocycles. The maximum Gasteiger partial charge on any atom is 0.127 e. The van der Waals surface area contributed by atoms with Gasteiger partial charge in [0.15, 0.2) is 0 Å². The van der Waals surface area contributed by atoms with E-state index in [1.165, 1.54) is 62.8 Å². The SMILES string of the molecule is C=C[Si](C)(C)CCN(C1CCCCC1)[Si](CC)(CC)CC. The Hall–Kier alpha value is 0.134. The Bertz CT molecular complexity index is 296. The second-order valence-corrected chi connectivity index (χ2v) is 17.7. The quantitative estimate of drug-likeness (QED) is 0.466. The molecule has 0 saturated heterocycles. The van der Waals surface area contributed by atoms with E-state index >= 15 is 0 Å². The highest BCUT2D eigenvalue weighted by atomic mass is 28.3. The first-order valence-electron chi connectivity index (χ1n) is 9.35. The molecule has 3 heteroatoms. The molecule has 0 N–H and O–H groups in total. The molecule has 1 aliphatic carbocycles. The molecule has 1 rings (SSSR count). The van der Waals surface area contributed by atoms with Gasteiger partial charge in [-0.2, -0.15) is 0 Å². The van der Waals surface area contributed by atoms with Crippen LogP contribution in [0.4, 0.5) is 0 Å². The van der Waals surface area contributed by atoms with Crippen molar-refractivity contribution in [2.75, 3.05) is 6.54 Å². The molecule has 0 aromatic carbocycles. The van der Waals surface area contributed by atoms with Gasteiger partial charge in [0, 0.05) is 6.04 Å². The summed E-state index contributed by atoms with van der Waals surface area (Å²) >= 11 is 0. The average molecular weight is 326 g/mol. The van der Waals surface area contributed by atoms with Crippen LogP contribution in [0.5, 0.6) is 0 Å². The van der Waals surface area contributed by atoms with Crippen molar-refractivity contribution in [2.45, 2.75) is 96.2 Å². The zero-order valence-corrected chi connectivity index (χ0v) is 17.4. The topological polar surface area (TPSA) is 3.24 Å². The van der Waals surface area contributed by atoms with Gasteiger partial charge >= 0.3 is 0 Å². The summed E-state index contributed by atoms with van der Waals surface area (Å²) in [6, 6.07) is 6.62. The van der Waals surface area contributed by atoms with Gasteiger partial charge in [-0.05, 0) is 43.6 Å². The summed E-state index contributed by atoms with van der Waals surface area (Å²) in [5.41, 5.74) is 2.29. The summed E-state index contributed by atoms with van der Waals surface area (Å²) in [6.45, 7) is 17.8. The molecule has 124 valence electrons. The Morgan fingerprint density at radius 3 is 1.95 bits per heavy atom. The minimum atomic E-state index is -1.23. The lowest BCUT2D eigenvalue weighted by Crippen LogP contribution is -2.58. The lowest BCUT2D eigenvalue weighted by atomic mass is 9.95. The predicted octanol–water partition coefficient (Wildman–Crippen LogP) is 6.06. The lowest BCUT2D eigenvalue weighted by Gasteiger charge is -2.48. The van der Waals surface area contributed by atoms with E-state index in [0.717, 1.165) is 6.04 Å². The predicted molar refractivity (Wildman–Crippen MR) is 103 cm³/mol. The molecule has 0 amide bonds. The average Bonchev–Trinajstić information content (AvgIpc) is 2.52. The van der Waals surface area contributed by atoms with Crippen molar-refractivity contribution in [2.24, 2.45) is 0 Å². The number of hydrogen-bond donors (Lipinski definition) is 0. The highest BCUT2D eigenvalue weighted by Gasteiger charge is 2.39. The van der Waals surface area contributed by atoms with Gasteiger partial charge in [0.1, 0.15) is 8.24 Å². The first-order valence-corrected chi connectivity index (χ1v) is 15.2. The Morgan fingerprint density at radius 1 is 1.00 bits per heavy atom. The highest BCUT2D eigenvalue weighted by molar-refractivity contribution is 6.82. The fraction of sp³-hybridized carbons (Fsp3) is 0.889. The van der Waals surface area contributed by atoms with Crippen molar-refractivity contribution in [3.05, 3.63) is 12.3 Å². The monoisotopic (exact) mass is 325 g/mol. The van der Waals surface area contributed by atoms with Crippen LogP contribution in [0.1, 0.15) is 52.9 Å². The normalized spacial score (nSPS) is 18.2. The molecule has 0 unspecified atom stereocenters. The lowest BCUT2D eigenvalue weighted by molar-refractivity contribution is 0.249. The first-order chi connectivity index (χ1) is 9.94. The molecule has 0 spiro atoms. The van der Waals surface area contributed by atoms with Gasteiger partial charge in [-0.15, -0.1) is 12.3 Å². The van der Waals surface area contributed by atoms with Crippen LogP contribution in [0.3, 0.4) is 0 Å². The van der Waals surface area contributed by atoms with Crippen molar-refractivity contribution in [3.63, 3.8) is 0 Å². The van der Waals surface area contributed by atoms with Gasteiger partial charge in [-0.3, -0.25) is 0 Å². The molecule has 1 saturated carbocycles. The van der Waals surface area contributed by atoms with E-state index in [9.17, 15) is 0 Å². The second kappa shape index (κ2) is 8.68. The molecular weight excluding hydrogens is 286 g/mol. The standard InChI is InChI=1S/C18H39NSi2/c1-7-20(5,6)17-16-19(18-14-12-11-13-15-18)21(8-2,9-3)10-4/h7,18H,1,8-17H2,2-6H3. The zero-order chi connectivity index (χ0) is 15.9. The van der Waals surface area contributed by atoms with Gasteiger partial charge in [-0.25, -0.2) is 0 Å². The summed E-state index contributed by atoms with van der Waals surface area (Å²) in [6.07, 6.45) is 7.32. The molecule has 0 aromatic rings. The molecule has 1 nitrogen and oxygen atoms in total. The minimum Gasteiger partial charge on any atom is -0.321 e.